The lowest BCUT2D eigenvalue weighted by atomic mass is 9.88. The lowest BCUT2D eigenvalue weighted by molar-refractivity contribution is 0.102. The summed E-state index contributed by atoms with van der Waals surface area (Å²) in [5.41, 5.74) is 4.37. The van der Waals surface area contributed by atoms with Crippen LogP contribution in [0.3, 0.4) is 0 Å². The molecule has 0 N–H and O–H groups in total. The van der Waals surface area contributed by atoms with Gasteiger partial charge in [0.1, 0.15) is 0 Å². The van der Waals surface area contributed by atoms with E-state index >= 15 is 0 Å². The first kappa shape index (κ1) is 11.1. The summed E-state index contributed by atoms with van der Waals surface area (Å²) in [5.74, 6) is 0.234. The summed E-state index contributed by atoms with van der Waals surface area (Å²) in [6, 6.07) is 7.89. The first-order valence-corrected chi connectivity index (χ1v) is 5.98. The molecule has 1 heteroatoms. The third-order valence-electron chi connectivity index (χ3n) is 3.33. The second-order valence-electron chi connectivity index (χ2n) is 4.66. The maximum absolute atomic E-state index is 12.3. The maximum Gasteiger partial charge on any atom is 0.188 e. The molecule has 0 fully saturated rings. The molecule has 1 nitrogen and oxygen atoms in total. The van der Waals surface area contributed by atoms with Crippen LogP contribution in [0.4, 0.5) is 0 Å². The molecule has 0 atom stereocenters. The second kappa shape index (κ2) is 4.65. The summed E-state index contributed by atoms with van der Waals surface area (Å²) in [6.45, 7) is 4.14. The van der Waals surface area contributed by atoms with Crippen LogP contribution in [0.15, 0.2) is 35.4 Å². The zero-order chi connectivity index (χ0) is 11.5. The van der Waals surface area contributed by atoms with Crippen molar-refractivity contribution in [2.75, 3.05) is 0 Å². The van der Waals surface area contributed by atoms with Crippen molar-refractivity contribution >= 4 is 5.78 Å². The number of hydrogen-bond acceptors (Lipinski definition) is 1. The van der Waals surface area contributed by atoms with Crippen LogP contribution in [0.2, 0.25) is 0 Å². The number of hydrogen-bond donors (Lipinski definition) is 0. The number of allylic oxidation sites excluding steroid dienone is 2. The monoisotopic (exact) mass is 214 g/mol. The van der Waals surface area contributed by atoms with E-state index in [-0.39, 0.29) is 5.78 Å². The van der Waals surface area contributed by atoms with E-state index in [1.807, 2.05) is 31.2 Å². The minimum absolute atomic E-state index is 0.234. The fourth-order valence-corrected chi connectivity index (χ4v) is 2.24. The highest BCUT2D eigenvalue weighted by Gasteiger charge is 2.17. The lowest BCUT2D eigenvalue weighted by Crippen LogP contribution is -2.09. The fraction of sp³-hybridized carbons (Fsp3) is 0.400. The summed E-state index contributed by atoms with van der Waals surface area (Å²) in [5, 5.41) is 0. The van der Waals surface area contributed by atoms with Gasteiger partial charge in [0.15, 0.2) is 5.78 Å². The van der Waals surface area contributed by atoms with Crippen LogP contribution in [0.5, 0.6) is 0 Å². The molecule has 0 saturated carbocycles. The highest BCUT2D eigenvalue weighted by atomic mass is 16.1. The molecule has 0 aliphatic heterocycles. The van der Waals surface area contributed by atoms with Gasteiger partial charge >= 0.3 is 0 Å². The van der Waals surface area contributed by atoms with Crippen LogP contribution in [0.25, 0.3) is 0 Å². The molecule has 0 saturated heterocycles. The normalized spacial score (nSPS) is 16.4. The van der Waals surface area contributed by atoms with E-state index in [4.69, 9.17) is 0 Å². The Morgan fingerprint density at radius 3 is 2.25 bits per heavy atom. The molecular formula is C15H18O. The minimum Gasteiger partial charge on any atom is -0.289 e. The predicted octanol–water partition coefficient (Wildman–Crippen LogP) is 4.07. The summed E-state index contributed by atoms with van der Waals surface area (Å²) >= 11 is 0. The van der Waals surface area contributed by atoms with E-state index in [9.17, 15) is 4.79 Å². The molecule has 84 valence electrons. The van der Waals surface area contributed by atoms with Crippen molar-refractivity contribution in [3.8, 4) is 0 Å². The summed E-state index contributed by atoms with van der Waals surface area (Å²) < 4.78 is 0. The third kappa shape index (κ3) is 2.24. The van der Waals surface area contributed by atoms with Crippen molar-refractivity contribution in [2.45, 2.75) is 39.5 Å². The summed E-state index contributed by atoms with van der Waals surface area (Å²) in [7, 11) is 0. The third-order valence-corrected chi connectivity index (χ3v) is 3.33. The first-order chi connectivity index (χ1) is 7.68. The predicted molar refractivity (Wildman–Crippen MR) is 66.7 cm³/mol. The van der Waals surface area contributed by atoms with E-state index < -0.39 is 0 Å². The van der Waals surface area contributed by atoms with Crippen molar-refractivity contribution in [3.05, 3.63) is 46.5 Å². The standard InChI is InChI=1S/C15H18O/c1-11-7-9-13(10-8-11)15(16)14-6-4-3-5-12(14)2/h7-10H,3-6H2,1-2H3. The minimum atomic E-state index is 0.234. The van der Waals surface area contributed by atoms with Crippen LogP contribution in [-0.4, -0.2) is 5.78 Å². The van der Waals surface area contributed by atoms with Gasteiger partial charge in [-0.1, -0.05) is 35.4 Å². The molecular weight excluding hydrogens is 196 g/mol. The van der Waals surface area contributed by atoms with Crippen LogP contribution < -0.4 is 0 Å². The highest BCUT2D eigenvalue weighted by molar-refractivity contribution is 6.09. The zero-order valence-corrected chi connectivity index (χ0v) is 10.0. The average molecular weight is 214 g/mol. The number of carbonyl (C=O) groups is 1. The zero-order valence-electron chi connectivity index (χ0n) is 10.0. The van der Waals surface area contributed by atoms with Gasteiger partial charge in [0.05, 0.1) is 0 Å². The second-order valence-corrected chi connectivity index (χ2v) is 4.66. The molecule has 16 heavy (non-hydrogen) atoms. The van der Waals surface area contributed by atoms with Gasteiger partial charge < -0.3 is 0 Å². The Kier molecular flexibility index (Phi) is 3.23. The Hall–Kier alpha value is -1.37. The van der Waals surface area contributed by atoms with Gasteiger partial charge in [0, 0.05) is 5.56 Å². The Morgan fingerprint density at radius 1 is 1.00 bits per heavy atom. The maximum atomic E-state index is 12.3. The van der Waals surface area contributed by atoms with Crippen LogP contribution in [0, 0.1) is 6.92 Å². The Bertz CT molecular complexity index is 423. The van der Waals surface area contributed by atoms with Crippen molar-refractivity contribution in [1.29, 1.82) is 0 Å². The molecule has 1 aromatic carbocycles. The Labute approximate surface area is 97.2 Å². The molecule has 1 aromatic rings. The van der Waals surface area contributed by atoms with Crippen molar-refractivity contribution in [3.63, 3.8) is 0 Å². The number of Topliss-reactive ketones (excluding diaryl/α,β-unsaturated/α-hetero) is 1. The van der Waals surface area contributed by atoms with Crippen LogP contribution in [0.1, 0.15) is 48.5 Å². The quantitative estimate of drug-likeness (QED) is 0.678. The van der Waals surface area contributed by atoms with Gasteiger partial charge in [-0.3, -0.25) is 4.79 Å². The molecule has 0 heterocycles. The molecule has 1 aliphatic rings. The van der Waals surface area contributed by atoms with E-state index in [1.54, 1.807) is 0 Å². The number of ketones is 1. The smallest absolute Gasteiger partial charge is 0.188 e. The van der Waals surface area contributed by atoms with E-state index in [0.29, 0.717) is 0 Å². The van der Waals surface area contributed by atoms with Gasteiger partial charge in [-0.25, -0.2) is 0 Å². The SMILES string of the molecule is CC1=C(C(=O)c2ccc(C)cc2)CCCC1. The molecule has 0 spiro atoms. The molecule has 2 rings (SSSR count). The van der Waals surface area contributed by atoms with Crippen LogP contribution in [-0.2, 0) is 0 Å². The van der Waals surface area contributed by atoms with Crippen molar-refractivity contribution < 1.29 is 4.79 Å². The molecule has 1 aliphatic carbocycles. The Balaban J connectivity index is 2.28. The summed E-state index contributed by atoms with van der Waals surface area (Å²) in [6.07, 6.45) is 4.44. The lowest BCUT2D eigenvalue weighted by Gasteiger charge is -2.16. The molecule has 0 radical (unpaired) electrons. The Morgan fingerprint density at radius 2 is 1.62 bits per heavy atom. The van der Waals surface area contributed by atoms with Gasteiger partial charge in [0.2, 0.25) is 0 Å². The van der Waals surface area contributed by atoms with Gasteiger partial charge in [0.25, 0.3) is 0 Å². The fourth-order valence-electron chi connectivity index (χ4n) is 2.24. The van der Waals surface area contributed by atoms with Gasteiger partial charge in [-0.05, 0) is 45.1 Å². The molecule has 0 amide bonds. The number of benzene rings is 1. The van der Waals surface area contributed by atoms with E-state index in [0.717, 1.165) is 30.4 Å². The topological polar surface area (TPSA) is 17.1 Å². The highest BCUT2D eigenvalue weighted by Crippen LogP contribution is 2.27. The summed E-state index contributed by atoms with van der Waals surface area (Å²) in [4.78, 5) is 12.3. The molecule has 0 unspecified atom stereocenters. The average Bonchev–Trinajstić information content (AvgIpc) is 2.30. The molecule has 0 aromatic heterocycles. The van der Waals surface area contributed by atoms with Crippen molar-refractivity contribution in [2.24, 2.45) is 0 Å². The van der Waals surface area contributed by atoms with Gasteiger partial charge in [-0.15, -0.1) is 0 Å². The number of rotatable bonds is 2. The van der Waals surface area contributed by atoms with Crippen molar-refractivity contribution in [1.82, 2.24) is 0 Å². The van der Waals surface area contributed by atoms with Gasteiger partial charge in [-0.2, -0.15) is 0 Å². The largest absolute Gasteiger partial charge is 0.289 e. The number of aryl methyl sites for hydroxylation is 1. The van der Waals surface area contributed by atoms with E-state index in [1.165, 1.54) is 17.6 Å². The molecule has 0 bridgehead atoms. The van der Waals surface area contributed by atoms with Crippen LogP contribution >= 0.6 is 0 Å². The van der Waals surface area contributed by atoms with E-state index in [2.05, 4.69) is 6.92 Å². The number of carbonyl (C=O) groups excluding carboxylic acids is 1. The first-order valence-electron chi connectivity index (χ1n) is 5.98.